The molecular formula is C27H19NO4. The van der Waals surface area contributed by atoms with E-state index in [9.17, 15) is 9.59 Å². The third-order valence-corrected chi connectivity index (χ3v) is 6.20. The number of pyridine rings is 1. The smallest absolute Gasteiger partial charge is 0.339 e. The van der Waals surface area contributed by atoms with Crippen LogP contribution in [0, 0.1) is 0 Å². The Labute approximate surface area is 183 Å². The van der Waals surface area contributed by atoms with Crippen LogP contribution in [0.2, 0.25) is 0 Å². The molecule has 2 heterocycles. The van der Waals surface area contributed by atoms with Crippen molar-refractivity contribution >= 4 is 38.6 Å². The zero-order valence-corrected chi connectivity index (χ0v) is 17.3. The highest BCUT2D eigenvalue weighted by atomic mass is 16.5. The maximum atomic E-state index is 13.3. The third-order valence-electron chi connectivity index (χ3n) is 6.20. The van der Waals surface area contributed by atoms with Crippen LogP contribution in [-0.2, 0) is 24.2 Å². The number of rotatable bonds is 3. The van der Waals surface area contributed by atoms with Gasteiger partial charge in [0.25, 0.3) is 0 Å². The lowest BCUT2D eigenvalue weighted by molar-refractivity contribution is 0.0475. The van der Waals surface area contributed by atoms with E-state index in [-0.39, 0.29) is 12.6 Å². The quantitative estimate of drug-likeness (QED) is 0.223. The Balaban J connectivity index is 1.44. The molecule has 3 aromatic carbocycles. The molecule has 1 aliphatic carbocycles. The lowest BCUT2D eigenvalue weighted by atomic mass is 10.0. The maximum Gasteiger partial charge on any atom is 0.339 e. The van der Waals surface area contributed by atoms with Crippen LogP contribution in [0.15, 0.2) is 75.9 Å². The zero-order chi connectivity index (χ0) is 21.7. The lowest BCUT2D eigenvalue weighted by Gasteiger charge is -2.13. The molecule has 0 unspecified atom stereocenters. The molecule has 5 aromatic rings. The summed E-state index contributed by atoms with van der Waals surface area (Å²) in [6.07, 6.45) is 2.67. The molecular weight excluding hydrogens is 402 g/mol. The lowest BCUT2D eigenvalue weighted by Crippen LogP contribution is -2.12. The van der Waals surface area contributed by atoms with Gasteiger partial charge in [-0.1, -0.05) is 48.5 Å². The van der Waals surface area contributed by atoms with Crippen molar-refractivity contribution in [3.8, 4) is 0 Å². The van der Waals surface area contributed by atoms with E-state index in [1.54, 1.807) is 6.07 Å². The second-order valence-electron chi connectivity index (χ2n) is 8.11. The van der Waals surface area contributed by atoms with Crippen molar-refractivity contribution in [2.75, 3.05) is 0 Å². The van der Waals surface area contributed by atoms with E-state index >= 15 is 0 Å². The molecule has 0 amide bonds. The molecule has 0 aliphatic heterocycles. The first kappa shape index (κ1) is 18.8. The van der Waals surface area contributed by atoms with Gasteiger partial charge in [0.1, 0.15) is 12.2 Å². The molecule has 0 fully saturated rings. The van der Waals surface area contributed by atoms with Gasteiger partial charge in [0.15, 0.2) is 0 Å². The maximum absolute atomic E-state index is 13.3. The predicted molar refractivity (Wildman–Crippen MR) is 123 cm³/mol. The molecule has 5 nitrogen and oxygen atoms in total. The second-order valence-corrected chi connectivity index (χ2v) is 8.11. The van der Waals surface area contributed by atoms with Gasteiger partial charge in [-0.3, -0.25) is 4.98 Å². The van der Waals surface area contributed by atoms with Crippen LogP contribution in [0.5, 0.6) is 0 Å². The van der Waals surface area contributed by atoms with Gasteiger partial charge in [0.05, 0.1) is 11.1 Å². The number of esters is 1. The molecule has 5 heteroatoms. The second kappa shape index (κ2) is 7.31. The van der Waals surface area contributed by atoms with Gasteiger partial charge in [0, 0.05) is 28.1 Å². The van der Waals surface area contributed by atoms with Gasteiger partial charge >= 0.3 is 11.6 Å². The fourth-order valence-electron chi connectivity index (χ4n) is 4.79. The van der Waals surface area contributed by atoms with Crippen LogP contribution in [0.3, 0.4) is 0 Å². The Bertz CT molecular complexity index is 1600. The van der Waals surface area contributed by atoms with Crippen LogP contribution in [0.4, 0.5) is 0 Å². The molecule has 156 valence electrons. The average Bonchev–Trinajstić information content (AvgIpc) is 3.28. The predicted octanol–water partition coefficient (Wildman–Crippen LogP) is 5.34. The van der Waals surface area contributed by atoms with Crippen molar-refractivity contribution in [2.45, 2.75) is 25.9 Å². The first-order valence-electron chi connectivity index (χ1n) is 10.7. The van der Waals surface area contributed by atoms with E-state index in [1.165, 1.54) is 6.07 Å². The molecule has 2 aromatic heterocycles. The Morgan fingerprint density at radius 3 is 2.69 bits per heavy atom. The van der Waals surface area contributed by atoms with E-state index in [0.29, 0.717) is 16.7 Å². The molecule has 0 saturated heterocycles. The SMILES string of the molecule is O=C(OCc1cc(=O)oc2ccc3ccccc3c12)c1c2c(nc3ccccc13)CCC2. The summed E-state index contributed by atoms with van der Waals surface area (Å²) in [4.78, 5) is 30.2. The van der Waals surface area contributed by atoms with Crippen molar-refractivity contribution in [3.63, 3.8) is 0 Å². The number of ether oxygens (including phenoxy) is 1. The van der Waals surface area contributed by atoms with Gasteiger partial charge in [0.2, 0.25) is 0 Å². The minimum atomic E-state index is -0.464. The molecule has 6 rings (SSSR count). The highest BCUT2D eigenvalue weighted by molar-refractivity contribution is 6.08. The fraction of sp³-hybridized carbons (Fsp3) is 0.148. The van der Waals surface area contributed by atoms with Gasteiger partial charge < -0.3 is 9.15 Å². The number of hydrogen-bond donors (Lipinski definition) is 0. The number of carbonyl (C=O) groups excluding carboxylic acids is 1. The molecule has 0 radical (unpaired) electrons. The number of carbonyl (C=O) groups is 1. The van der Waals surface area contributed by atoms with E-state index in [0.717, 1.165) is 57.6 Å². The van der Waals surface area contributed by atoms with Crippen LogP contribution in [-0.4, -0.2) is 11.0 Å². The number of aromatic nitrogens is 1. The first-order chi connectivity index (χ1) is 15.7. The topological polar surface area (TPSA) is 69.4 Å². The monoisotopic (exact) mass is 421 g/mol. The molecule has 0 bridgehead atoms. The van der Waals surface area contributed by atoms with Gasteiger partial charge in [-0.2, -0.15) is 0 Å². The molecule has 0 saturated carbocycles. The minimum Gasteiger partial charge on any atom is -0.457 e. The van der Waals surface area contributed by atoms with Gasteiger partial charge in [-0.25, -0.2) is 9.59 Å². The number of para-hydroxylation sites is 1. The Morgan fingerprint density at radius 2 is 1.78 bits per heavy atom. The first-order valence-corrected chi connectivity index (χ1v) is 10.7. The van der Waals surface area contributed by atoms with Crippen molar-refractivity contribution in [1.82, 2.24) is 4.98 Å². The molecule has 0 spiro atoms. The number of aryl methyl sites for hydroxylation is 1. The third kappa shape index (κ3) is 2.97. The van der Waals surface area contributed by atoms with E-state index in [1.807, 2.05) is 54.6 Å². The zero-order valence-electron chi connectivity index (χ0n) is 17.3. The van der Waals surface area contributed by atoms with Crippen molar-refractivity contribution in [1.29, 1.82) is 0 Å². The largest absolute Gasteiger partial charge is 0.457 e. The number of nitrogens with zero attached hydrogens (tertiary/aromatic N) is 1. The Kier molecular flexibility index (Phi) is 4.28. The standard InChI is InChI=1S/C27H19NO4/c29-24-14-17(25-18-7-2-1-6-16(18)12-13-23(25)32-24)15-31-27(30)26-19-8-3-4-10-21(19)28-22-11-5-9-20(22)26/h1-4,6-8,10,12-14H,5,9,11,15H2. The van der Waals surface area contributed by atoms with Gasteiger partial charge in [-0.15, -0.1) is 0 Å². The summed E-state index contributed by atoms with van der Waals surface area (Å²) >= 11 is 0. The Morgan fingerprint density at radius 1 is 0.969 bits per heavy atom. The summed E-state index contributed by atoms with van der Waals surface area (Å²) in [6, 6.07) is 20.7. The summed E-state index contributed by atoms with van der Waals surface area (Å²) in [5.74, 6) is -0.386. The van der Waals surface area contributed by atoms with Crippen LogP contribution < -0.4 is 5.63 Å². The molecule has 0 atom stereocenters. The number of benzene rings is 3. The van der Waals surface area contributed by atoms with Crippen molar-refractivity contribution < 1.29 is 13.9 Å². The molecule has 0 N–H and O–H groups in total. The van der Waals surface area contributed by atoms with Crippen LogP contribution >= 0.6 is 0 Å². The van der Waals surface area contributed by atoms with Crippen molar-refractivity contribution in [3.05, 3.63) is 99.5 Å². The normalized spacial score (nSPS) is 13.0. The van der Waals surface area contributed by atoms with Crippen LogP contribution in [0.25, 0.3) is 32.6 Å². The average molecular weight is 421 g/mol. The van der Waals surface area contributed by atoms with E-state index in [2.05, 4.69) is 0 Å². The minimum absolute atomic E-state index is 0.0135. The van der Waals surface area contributed by atoms with Crippen molar-refractivity contribution in [2.24, 2.45) is 0 Å². The molecule has 32 heavy (non-hydrogen) atoms. The number of hydrogen-bond acceptors (Lipinski definition) is 5. The van der Waals surface area contributed by atoms with Gasteiger partial charge in [-0.05, 0) is 47.7 Å². The Hall–Kier alpha value is -3.99. The molecule has 1 aliphatic rings. The van der Waals surface area contributed by atoms with Crippen LogP contribution in [0.1, 0.15) is 33.6 Å². The summed E-state index contributed by atoms with van der Waals surface area (Å²) in [5.41, 5.74) is 4.02. The van der Waals surface area contributed by atoms with E-state index in [4.69, 9.17) is 14.1 Å². The summed E-state index contributed by atoms with van der Waals surface area (Å²) in [5, 5.41) is 3.58. The highest BCUT2D eigenvalue weighted by Gasteiger charge is 2.25. The summed E-state index contributed by atoms with van der Waals surface area (Å²) < 4.78 is 11.2. The summed E-state index contributed by atoms with van der Waals surface area (Å²) in [7, 11) is 0. The van der Waals surface area contributed by atoms with E-state index < -0.39 is 5.63 Å². The highest BCUT2D eigenvalue weighted by Crippen LogP contribution is 2.32. The fourth-order valence-corrected chi connectivity index (χ4v) is 4.79. The number of fused-ring (bicyclic) bond motifs is 5. The summed E-state index contributed by atoms with van der Waals surface area (Å²) in [6.45, 7) is -0.0135.